The van der Waals surface area contributed by atoms with Crippen molar-refractivity contribution >= 4 is 22.5 Å². The van der Waals surface area contributed by atoms with Gasteiger partial charge >= 0.3 is 6.18 Å². The molecule has 0 saturated heterocycles. The van der Waals surface area contributed by atoms with Crippen LogP contribution in [0.15, 0.2) is 64.2 Å². The summed E-state index contributed by atoms with van der Waals surface area (Å²) in [5.74, 6) is 0.114. The number of rotatable bonds is 4. The van der Waals surface area contributed by atoms with Crippen molar-refractivity contribution in [3.8, 4) is 22.6 Å². The smallest absolute Gasteiger partial charge is 0.332 e. The first-order valence-electron chi connectivity index (χ1n) is 10.8. The third-order valence-corrected chi connectivity index (χ3v) is 5.76. The van der Waals surface area contributed by atoms with Gasteiger partial charge in [0.1, 0.15) is 5.69 Å². The monoisotopic (exact) mass is 492 g/mol. The lowest BCUT2D eigenvalue weighted by Gasteiger charge is -2.12. The Bertz CT molecular complexity index is 1660. The van der Waals surface area contributed by atoms with Crippen LogP contribution in [0.25, 0.3) is 33.5 Å². The zero-order chi connectivity index (χ0) is 25.6. The number of nitrogens with one attached hydrogen (secondary N) is 1. The summed E-state index contributed by atoms with van der Waals surface area (Å²) in [5.41, 5.74) is 3.42. The SMILES string of the molecule is Cc1cc2c(cn1)cc(-c1cc(Nc3noc(-c4ccc(C(F)(F)F)nc4)n3)ccc1C)c(=O)n2C. The molecular formula is C25H19F3N6O2. The molecule has 182 valence electrons. The average Bonchev–Trinajstić information content (AvgIpc) is 3.31. The van der Waals surface area contributed by atoms with Crippen molar-refractivity contribution < 1.29 is 17.7 Å². The number of aromatic nitrogens is 5. The van der Waals surface area contributed by atoms with E-state index in [2.05, 4.69) is 25.4 Å². The molecule has 0 aliphatic heterocycles. The summed E-state index contributed by atoms with van der Waals surface area (Å²) in [5, 5.41) is 7.69. The second-order valence-electron chi connectivity index (χ2n) is 8.31. The molecule has 8 nitrogen and oxygen atoms in total. The standard InChI is InChI=1S/C25H19F3N6O2/c1-13-4-6-17(10-18(13)19-9-16-12-29-14(2)8-20(16)34(3)23(19)35)31-24-32-22(36-33-24)15-5-7-21(30-11-15)25(26,27)28/h4-12H,1-3H3,(H,31,33). The van der Waals surface area contributed by atoms with E-state index in [-0.39, 0.29) is 23.0 Å². The van der Waals surface area contributed by atoms with Gasteiger partial charge in [-0.05, 0) is 66.5 Å². The van der Waals surface area contributed by atoms with Crippen molar-refractivity contribution in [2.24, 2.45) is 7.05 Å². The van der Waals surface area contributed by atoms with Crippen LogP contribution in [-0.4, -0.2) is 24.7 Å². The number of benzene rings is 1. The molecule has 0 spiro atoms. The van der Waals surface area contributed by atoms with E-state index in [0.29, 0.717) is 11.3 Å². The van der Waals surface area contributed by atoms with Crippen LogP contribution in [0.4, 0.5) is 24.8 Å². The molecule has 0 aliphatic rings. The number of alkyl halides is 3. The average molecular weight is 492 g/mol. The van der Waals surface area contributed by atoms with Crippen LogP contribution < -0.4 is 10.9 Å². The number of hydrogen-bond donors (Lipinski definition) is 1. The molecule has 1 N–H and O–H groups in total. The van der Waals surface area contributed by atoms with E-state index in [1.54, 1.807) is 29.9 Å². The molecule has 0 bridgehead atoms. The number of nitrogens with zero attached hydrogens (tertiary/aromatic N) is 5. The Morgan fingerprint density at radius 1 is 0.972 bits per heavy atom. The van der Waals surface area contributed by atoms with Crippen molar-refractivity contribution in [3.63, 3.8) is 0 Å². The lowest BCUT2D eigenvalue weighted by atomic mass is 9.99. The minimum Gasteiger partial charge on any atom is -0.332 e. The normalized spacial score (nSPS) is 11.7. The Hall–Kier alpha value is -4.54. The summed E-state index contributed by atoms with van der Waals surface area (Å²) < 4.78 is 45.0. The maximum Gasteiger partial charge on any atom is 0.433 e. The van der Waals surface area contributed by atoms with E-state index < -0.39 is 11.9 Å². The number of halogens is 3. The van der Waals surface area contributed by atoms with Crippen molar-refractivity contribution in [1.29, 1.82) is 0 Å². The fraction of sp³-hybridized carbons (Fsp3) is 0.160. The van der Waals surface area contributed by atoms with E-state index in [9.17, 15) is 18.0 Å². The Balaban J connectivity index is 1.46. The minimum atomic E-state index is -4.54. The fourth-order valence-corrected chi connectivity index (χ4v) is 3.86. The van der Waals surface area contributed by atoms with Gasteiger partial charge in [-0.2, -0.15) is 18.2 Å². The Morgan fingerprint density at radius 3 is 2.50 bits per heavy atom. The summed E-state index contributed by atoms with van der Waals surface area (Å²) in [6.45, 7) is 3.77. The lowest BCUT2D eigenvalue weighted by molar-refractivity contribution is -0.141. The van der Waals surface area contributed by atoms with E-state index in [4.69, 9.17) is 4.52 Å². The number of hydrogen-bond acceptors (Lipinski definition) is 7. The quantitative estimate of drug-likeness (QED) is 0.357. The zero-order valence-corrected chi connectivity index (χ0v) is 19.4. The van der Waals surface area contributed by atoms with Crippen molar-refractivity contribution in [2.45, 2.75) is 20.0 Å². The van der Waals surface area contributed by atoms with E-state index in [1.807, 2.05) is 32.0 Å². The Labute approximate surface area is 202 Å². The molecule has 5 rings (SSSR count). The molecule has 0 unspecified atom stereocenters. The van der Waals surface area contributed by atoms with E-state index in [1.165, 1.54) is 6.07 Å². The molecule has 0 saturated carbocycles. The van der Waals surface area contributed by atoms with Crippen molar-refractivity contribution in [2.75, 3.05) is 5.32 Å². The number of fused-ring (bicyclic) bond motifs is 1. The predicted octanol–water partition coefficient (Wildman–Crippen LogP) is 5.42. The molecule has 0 aliphatic carbocycles. The second-order valence-corrected chi connectivity index (χ2v) is 8.31. The van der Waals surface area contributed by atoms with Gasteiger partial charge < -0.3 is 14.4 Å². The van der Waals surface area contributed by atoms with Gasteiger partial charge in [0.2, 0.25) is 0 Å². The molecule has 0 fully saturated rings. The van der Waals surface area contributed by atoms with Crippen LogP contribution in [0.5, 0.6) is 0 Å². The van der Waals surface area contributed by atoms with E-state index >= 15 is 0 Å². The third-order valence-electron chi connectivity index (χ3n) is 5.76. The van der Waals surface area contributed by atoms with Gasteiger partial charge in [0.25, 0.3) is 17.4 Å². The van der Waals surface area contributed by atoms with Crippen LogP contribution in [-0.2, 0) is 13.2 Å². The Morgan fingerprint density at radius 2 is 1.78 bits per heavy atom. The van der Waals surface area contributed by atoms with Gasteiger partial charge in [0, 0.05) is 41.8 Å². The maximum absolute atomic E-state index is 13.2. The van der Waals surface area contributed by atoms with Crippen molar-refractivity contribution in [1.82, 2.24) is 24.7 Å². The topological polar surface area (TPSA) is 98.7 Å². The fourth-order valence-electron chi connectivity index (χ4n) is 3.86. The zero-order valence-electron chi connectivity index (χ0n) is 19.4. The highest BCUT2D eigenvalue weighted by Gasteiger charge is 2.32. The first-order chi connectivity index (χ1) is 17.1. The predicted molar refractivity (Wildman–Crippen MR) is 128 cm³/mol. The number of anilines is 2. The molecule has 0 amide bonds. The molecule has 36 heavy (non-hydrogen) atoms. The van der Waals surface area contributed by atoms with Crippen LogP contribution in [0, 0.1) is 13.8 Å². The van der Waals surface area contributed by atoms with Gasteiger partial charge in [0.15, 0.2) is 0 Å². The summed E-state index contributed by atoms with van der Waals surface area (Å²) >= 11 is 0. The molecule has 0 atom stereocenters. The first kappa shape index (κ1) is 23.2. The van der Waals surface area contributed by atoms with Gasteiger partial charge in [0.05, 0.1) is 11.1 Å². The first-order valence-corrected chi connectivity index (χ1v) is 10.8. The number of pyridine rings is 3. The lowest BCUT2D eigenvalue weighted by Crippen LogP contribution is -2.19. The van der Waals surface area contributed by atoms with E-state index in [0.717, 1.165) is 40.0 Å². The number of aryl methyl sites for hydroxylation is 3. The second kappa shape index (κ2) is 8.59. The summed E-state index contributed by atoms with van der Waals surface area (Å²) in [6, 6.07) is 11.2. The summed E-state index contributed by atoms with van der Waals surface area (Å²) in [4.78, 5) is 25.1. The van der Waals surface area contributed by atoms with Gasteiger partial charge in [-0.25, -0.2) is 0 Å². The Kier molecular flexibility index (Phi) is 5.54. The highest BCUT2D eigenvalue weighted by atomic mass is 19.4. The minimum absolute atomic E-state index is 0.0113. The van der Waals surface area contributed by atoms with Crippen LogP contribution in [0.1, 0.15) is 17.0 Å². The summed E-state index contributed by atoms with van der Waals surface area (Å²) in [6.07, 6.45) is -1.78. The van der Waals surface area contributed by atoms with Gasteiger partial charge in [-0.1, -0.05) is 6.07 Å². The van der Waals surface area contributed by atoms with Crippen LogP contribution in [0.2, 0.25) is 0 Å². The molecule has 4 heterocycles. The summed E-state index contributed by atoms with van der Waals surface area (Å²) in [7, 11) is 1.72. The highest BCUT2D eigenvalue weighted by Crippen LogP contribution is 2.30. The molecule has 5 aromatic rings. The molecular weight excluding hydrogens is 473 g/mol. The molecule has 11 heteroatoms. The molecule has 0 radical (unpaired) electrons. The highest BCUT2D eigenvalue weighted by molar-refractivity contribution is 5.85. The van der Waals surface area contributed by atoms with Crippen molar-refractivity contribution in [3.05, 3.63) is 82.2 Å². The largest absolute Gasteiger partial charge is 0.433 e. The molecule has 1 aromatic carbocycles. The van der Waals surface area contributed by atoms with Gasteiger partial charge in [-0.3, -0.25) is 14.8 Å². The third kappa shape index (κ3) is 4.30. The van der Waals surface area contributed by atoms with Gasteiger partial charge in [-0.15, -0.1) is 0 Å². The molecule has 4 aromatic heterocycles. The maximum atomic E-state index is 13.2. The van der Waals surface area contributed by atoms with Crippen LogP contribution >= 0.6 is 0 Å². The van der Waals surface area contributed by atoms with Crippen LogP contribution in [0.3, 0.4) is 0 Å².